The highest BCUT2D eigenvalue weighted by atomic mass is 35.5. The lowest BCUT2D eigenvalue weighted by atomic mass is 9.92. The van der Waals surface area contributed by atoms with E-state index in [1.165, 1.54) is 27.8 Å². The van der Waals surface area contributed by atoms with Crippen molar-refractivity contribution in [2.75, 3.05) is 18.0 Å². The molecule has 32 heavy (non-hydrogen) atoms. The standard InChI is InChI=1S/C28H28ClN3/c1-2-30-18-21-10-15-26-25(17-21)28-24(27(31-26)22-11-13-23(29)14-12-22)9-6-16-32(28)19-20-7-4-3-5-8-20/h3-5,7-8,10-15,17,30H,2,6,9,16,18-19H2,1H3. The van der Waals surface area contributed by atoms with Crippen LogP contribution in [0.15, 0.2) is 72.8 Å². The van der Waals surface area contributed by atoms with Crippen LogP contribution >= 0.6 is 11.6 Å². The molecule has 3 nitrogen and oxygen atoms in total. The van der Waals surface area contributed by atoms with E-state index in [-0.39, 0.29) is 0 Å². The molecule has 4 aromatic rings. The van der Waals surface area contributed by atoms with Crippen LogP contribution in [0, 0.1) is 0 Å². The quantitative estimate of drug-likeness (QED) is 0.364. The average Bonchev–Trinajstić information content (AvgIpc) is 2.83. The third kappa shape index (κ3) is 4.23. The number of pyridine rings is 1. The summed E-state index contributed by atoms with van der Waals surface area (Å²) >= 11 is 6.18. The Bertz CT molecular complexity index is 1220. The molecule has 0 saturated carbocycles. The second-order valence-electron chi connectivity index (χ2n) is 8.44. The van der Waals surface area contributed by atoms with Gasteiger partial charge >= 0.3 is 0 Å². The van der Waals surface area contributed by atoms with Crippen molar-refractivity contribution in [3.05, 3.63) is 94.5 Å². The van der Waals surface area contributed by atoms with Crippen molar-refractivity contribution < 1.29 is 0 Å². The van der Waals surface area contributed by atoms with Gasteiger partial charge in [0.05, 0.1) is 16.9 Å². The molecule has 0 bridgehead atoms. The number of fused-ring (bicyclic) bond motifs is 3. The zero-order valence-corrected chi connectivity index (χ0v) is 19.2. The van der Waals surface area contributed by atoms with Gasteiger partial charge < -0.3 is 10.2 Å². The highest BCUT2D eigenvalue weighted by Gasteiger charge is 2.25. The maximum atomic E-state index is 6.18. The van der Waals surface area contributed by atoms with E-state index in [1.807, 2.05) is 12.1 Å². The minimum Gasteiger partial charge on any atom is -0.366 e. The van der Waals surface area contributed by atoms with E-state index in [0.29, 0.717) is 0 Å². The summed E-state index contributed by atoms with van der Waals surface area (Å²) < 4.78 is 0. The van der Waals surface area contributed by atoms with E-state index in [2.05, 4.69) is 77.8 Å². The van der Waals surface area contributed by atoms with Crippen LogP contribution in [-0.2, 0) is 19.5 Å². The van der Waals surface area contributed by atoms with Gasteiger partial charge in [0.1, 0.15) is 0 Å². The van der Waals surface area contributed by atoms with Gasteiger partial charge in [-0.3, -0.25) is 0 Å². The monoisotopic (exact) mass is 441 g/mol. The van der Waals surface area contributed by atoms with Crippen LogP contribution in [0.3, 0.4) is 0 Å². The second kappa shape index (κ2) is 9.32. The van der Waals surface area contributed by atoms with Crippen molar-refractivity contribution >= 4 is 28.2 Å². The van der Waals surface area contributed by atoms with Crippen molar-refractivity contribution in [2.45, 2.75) is 32.9 Å². The Morgan fingerprint density at radius 2 is 1.78 bits per heavy atom. The first-order valence-corrected chi connectivity index (χ1v) is 11.8. The van der Waals surface area contributed by atoms with Crippen LogP contribution in [-0.4, -0.2) is 18.1 Å². The van der Waals surface area contributed by atoms with Crippen molar-refractivity contribution in [2.24, 2.45) is 0 Å². The molecule has 3 aromatic carbocycles. The normalized spacial score (nSPS) is 13.4. The highest BCUT2D eigenvalue weighted by molar-refractivity contribution is 6.30. The summed E-state index contributed by atoms with van der Waals surface area (Å²) in [7, 11) is 0. The molecule has 0 saturated heterocycles. The maximum Gasteiger partial charge on any atom is 0.0762 e. The number of anilines is 1. The Morgan fingerprint density at radius 1 is 0.969 bits per heavy atom. The average molecular weight is 442 g/mol. The third-order valence-corrected chi connectivity index (χ3v) is 6.46. The summed E-state index contributed by atoms with van der Waals surface area (Å²) in [5.41, 5.74) is 8.59. The van der Waals surface area contributed by atoms with Crippen LogP contribution in [0.4, 0.5) is 5.69 Å². The highest BCUT2D eigenvalue weighted by Crippen LogP contribution is 2.40. The lowest BCUT2D eigenvalue weighted by molar-refractivity contribution is 0.693. The number of halogens is 1. The molecule has 0 aliphatic carbocycles. The summed E-state index contributed by atoms with van der Waals surface area (Å²) in [5.74, 6) is 0. The molecule has 4 heteroatoms. The van der Waals surface area contributed by atoms with Crippen LogP contribution < -0.4 is 10.2 Å². The molecule has 0 unspecified atom stereocenters. The fraction of sp³-hybridized carbons (Fsp3) is 0.250. The number of hydrogen-bond donors (Lipinski definition) is 1. The number of nitrogens with one attached hydrogen (secondary N) is 1. The molecule has 5 rings (SSSR count). The first-order chi connectivity index (χ1) is 15.7. The topological polar surface area (TPSA) is 28.2 Å². The predicted octanol–water partition coefficient (Wildman–Crippen LogP) is 6.62. The fourth-order valence-electron chi connectivity index (χ4n) is 4.68. The zero-order chi connectivity index (χ0) is 21.9. The first-order valence-electron chi connectivity index (χ1n) is 11.4. The lowest BCUT2D eigenvalue weighted by Crippen LogP contribution is -2.29. The summed E-state index contributed by atoms with van der Waals surface area (Å²) in [6.07, 6.45) is 2.17. The van der Waals surface area contributed by atoms with Gasteiger partial charge in [0.25, 0.3) is 0 Å². The molecule has 1 aliphatic heterocycles. The number of rotatable bonds is 6. The van der Waals surface area contributed by atoms with E-state index in [1.54, 1.807) is 0 Å². The summed E-state index contributed by atoms with van der Waals surface area (Å²) in [6, 6.07) is 25.6. The van der Waals surface area contributed by atoms with Crippen molar-refractivity contribution in [3.8, 4) is 11.3 Å². The molecule has 0 atom stereocenters. The van der Waals surface area contributed by atoms with Gasteiger partial charge in [0.15, 0.2) is 0 Å². The van der Waals surface area contributed by atoms with Crippen LogP contribution in [0.25, 0.3) is 22.2 Å². The SMILES string of the molecule is CCNCc1ccc2nc(-c3ccc(Cl)cc3)c3c(c2c1)N(Cc1ccccc1)CCC3. The summed E-state index contributed by atoms with van der Waals surface area (Å²) in [5, 5.41) is 5.46. The van der Waals surface area contributed by atoms with Gasteiger partial charge in [-0.1, -0.05) is 67.1 Å². The number of nitrogens with zero attached hydrogens (tertiary/aromatic N) is 2. The summed E-state index contributed by atoms with van der Waals surface area (Å²) in [6.45, 7) is 5.94. The Balaban J connectivity index is 1.69. The molecule has 0 spiro atoms. The number of benzene rings is 3. The van der Waals surface area contributed by atoms with Gasteiger partial charge in [-0.2, -0.15) is 0 Å². The molecule has 0 radical (unpaired) electrons. The Morgan fingerprint density at radius 3 is 2.56 bits per heavy atom. The molecule has 0 fully saturated rings. The smallest absolute Gasteiger partial charge is 0.0762 e. The van der Waals surface area contributed by atoms with E-state index in [9.17, 15) is 0 Å². The molecule has 2 heterocycles. The maximum absolute atomic E-state index is 6.18. The number of hydrogen-bond acceptors (Lipinski definition) is 3. The van der Waals surface area contributed by atoms with Gasteiger partial charge in [0.2, 0.25) is 0 Å². The third-order valence-electron chi connectivity index (χ3n) is 6.20. The Hall–Kier alpha value is -2.88. The van der Waals surface area contributed by atoms with Crippen LogP contribution in [0.5, 0.6) is 0 Å². The van der Waals surface area contributed by atoms with Gasteiger partial charge in [-0.25, -0.2) is 4.98 Å². The van der Waals surface area contributed by atoms with E-state index >= 15 is 0 Å². The predicted molar refractivity (Wildman–Crippen MR) is 135 cm³/mol. The molecule has 0 amide bonds. The lowest BCUT2D eigenvalue weighted by Gasteiger charge is -2.34. The second-order valence-corrected chi connectivity index (χ2v) is 8.87. The molecule has 1 N–H and O–H groups in total. The van der Waals surface area contributed by atoms with Crippen LogP contribution in [0.2, 0.25) is 5.02 Å². The largest absolute Gasteiger partial charge is 0.366 e. The van der Waals surface area contributed by atoms with Crippen molar-refractivity contribution in [1.82, 2.24) is 10.3 Å². The Kier molecular flexibility index (Phi) is 6.11. The molecular formula is C28H28ClN3. The van der Waals surface area contributed by atoms with Gasteiger partial charge in [-0.05, 0) is 54.8 Å². The molecule has 1 aromatic heterocycles. The van der Waals surface area contributed by atoms with Gasteiger partial charge in [0, 0.05) is 41.2 Å². The van der Waals surface area contributed by atoms with Crippen molar-refractivity contribution in [3.63, 3.8) is 0 Å². The fourth-order valence-corrected chi connectivity index (χ4v) is 4.80. The molecular weight excluding hydrogens is 414 g/mol. The molecule has 1 aliphatic rings. The van der Waals surface area contributed by atoms with Crippen molar-refractivity contribution in [1.29, 1.82) is 0 Å². The minimum atomic E-state index is 0.752. The number of aromatic nitrogens is 1. The Labute approximate surface area is 195 Å². The van der Waals surface area contributed by atoms with E-state index in [4.69, 9.17) is 16.6 Å². The van der Waals surface area contributed by atoms with E-state index in [0.717, 1.165) is 60.8 Å². The molecule has 162 valence electrons. The van der Waals surface area contributed by atoms with Gasteiger partial charge in [-0.15, -0.1) is 0 Å². The van der Waals surface area contributed by atoms with E-state index < -0.39 is 0 Å². The summed E-state index contributed by atoms with van der Waals surface area (Å²) in [4.78, 5) is 7.71. The minimum absolute atomic E-state index is 0.752. The van der Waals surface area contributed by atoms with Crippen LogP contribution in [0.1, 0.15) is 30.0 Å². The first kappa shape index (κ1) is 21.0. The zero-order valence-electron chi connectivity index (χ0n) is 18.4.